The summed E-state index contributed by atoms with van der Waals surface area (Å²) in [6, 6.07) is 7.92. The van der Waals surface area contributed by atoms with Gasteiger partial charge in [0.25, 0.3) is 0 Å². The average molecular weight is 542 g/mol. The molecule has 3 aromatic heterocycles. The average Bonchev–Trinajstić information content (AvgIpc) is 3.31. The molecular formula is C29H31N7O2S. The first kappa shape index (κ1) is 25.4. The minimum Gasteiger partial charge on any atom is -0.494 e. The van der Waals surface area contributed by atoms with Crippen molar-refractivity contribution in [2.24, 2.45) is 10.9 Å². The normalized spacial score (nSPS) is 15.5. The number of carbonyl (C=O) groups excluding carboxylic acids is 1. The van der Waals surface area contributed by atoms with Crippen molar-refractivity contribution in [2.75, 3.05) is 39.6 Å². The number of thiophene rings is 1. The zero-order chi connectivity index (χ0) is 26.9. The summed E-state index contributed by atoms with van der Waals surface area (Å²) in [5.74, 6) is 1.64. The van der Waals surface area contributed by atoms with E-state index in [0.717, 1.165) is 69.4 Å². The number of hydrogen-bond acceptors (Lipinski definition) is 9. The van der Waals surface area contributed by atoms with Crippen LogP contribution in [0.5, 0.6) is 5.75 Å². The van der Waals surface area contributed by atoms with Crippen LogP contribution in [0.25, 0.3) is 16.4 Å². The van der Waals surface area contributed by atoms with E-state index in [1.165, 1.54) is 10.4 Å². The minimum atomic E-state index is -0.0545. The van der Waals surface area contributed by atoms with Gasteiger partial charge in [-0.1, -0.05) is 6.07 Å². The topological polar surface area (TPSA) is 95.8 Å². The molecular weight excluding hydrogens is 510 g/mol. The van der Waals surface area contributed by atoms with Gasteiger partial charge in [0.1, 0.15) is 22.7 Å². The third-order valence-corrected chi connectivity index (χ3v) is 8.53. The van der Waals surface area contributed by atoms with Crippen LogP contribution in [-0.4, -0.2) is 65.0 Å². The van der Waals surface area contributed by atoms with Gasteiger partial charge in [0.15, 0.2) is 0 Å². The number of carbonyl (C=O) groups is 1. The summed E-state index contributed by atoms with van der Waals surface area (Å²) in [7, 11) is 5.73. The summed E-state index contributed by atoms with van der Waals surface area (Å²) >= 11 is 1.67. The van der Waals surface area contributed by atoms with E-state index < -0.39 is 0 Å². The van der Waals surface area contributed by atoms with E-state index in [-0.39, 0.29) is 11.8 Å². The fourth-order valence-electron chi connectivity index (χ4n) is 5.24. The molecule has 4 aromatic rings. The molecule has 0 radical (unpaired) electrons. The second-order valence-corrected chi connectivity index (χ2v) is 11.3. The van der Waals surface area contributed by atoms with Gasteiger partial charge in [-0.3, -0.25) is 14.8 Å². The molecule has 1 amide bonds. The summed E-state index contributed by atoms with van der Waals surface area (Å²) in [6.45, 7) is 2.07. The van der Waals surface area contributed by atoms with Crippen LogP contribution in [-0.2, 0) is 24.2 Å². The first-order valence-corrected chi connectivity index (χ1v) is 13.9. The summed E-state index contributed by atoms with van der Waals surface area (Å²) in [4.78, 5) is 37.8. The van der Waals surface area contributed by atoms with Crippen molar-refractivity contribution < 1.29 is 9.53 Å². The Hall–Kier alpha value is -3.89. The van der Waals surface area contributed by atoms with Crippen molar-refractivity contribution in [1.82, 2.24) is 24.8 Å². The molecule has 200 valence electrons. The molecule has 1 atom stereocenters. The number of nitrogens with one attached hydrogen (secondary N) is 1. The zero-order valence-electron chi connectivity index (χ0n) is 22.3. The molecule has 0 bridgehead atoms. The standard InChI is InChI=1S/C29H31N7O2S/c1-35(2)9-10-36(16-18-5-4-8-30-14-18)29(37)19-6-7-21-25(12-19)39-28-26(21)27(32-17-33-28)34-23-11-20-15-31-22(20)13-24(23)38-3/h4-5,8,11,13-15,17,19H,6-7,9-10,12,16H2,1-3H3,(H,32,33,34). The van der Waals surface area contributed by atoms with Gasteiger partial charge in [-0.05, 0) is 56.6 Å². The maximum absolute atomic E-state index is 13.8. The molecule has 2 aliphatic rings. The predicted molar refractivity (Wildman–Crippen MR) is 153 cm³/mol. The number of likely N-dealkylation sites (N-methyl/N-ethyl adjacent to an activating group) is 1. The molecule has 9 nitrogen and oxygen atoms in total. The number of amides is 1. The second kappa shape index (κ2) is 10.7. The molecule has 0 spiro atoms. The Kier molecular flexibility index (Phi) is 6.97. The molecule has 0 saturated carbocycles. The fraction of sp³-hybridized carbons (Fsp3) is 0.345. The lowest BCUT2D eigenvalue weighted by Gasteiger charge is -2.30. The maximum Gasteiger partial charge on any atom is 0.226 e. The maximum atomic E-state index is 13.8. The Bertz CT molecular complexity index is 1650. The van der Waals surface area contributed by atoms with E-state index in [4.69, 9.17) is 4.74 Å². The van der Waals surface area contributed by atoms with Gasteiger partial charge in [-0.2, -0.15) is 0 Å². The van der Waals surface area contributed by atoms with Crippen molar-refractivity contribution in [3.63, 3.8) is 0 Å². The van der Waals surface area contributed by atoms with E-state index in [2.05, 4.69) is 30.2 Å². The highest BCUT2D eigenvalue weighted by Gasteiger charge is 2.32. The number of benzene rings is 1. The molecule has 1 aliphatic heterocycles. The SMILES string of the molecule is COc1cc2c(cc1Nc1ncnc3sc4c(c13)CCC(C(=O)N(CCN(C)C)Cc1cccnc1)C4)=CN=2. The highest BCUT2D eigenvalue weighted by atomic mass is 32.1. The number of rotatable bonds is 9. The van der Waals surface area contributed by atoms with Crippen LogP contribution in [0.4, 0.5) is 11.5 Å². The van der Waals surface area contributed by atoms with Crippen molar-refractivity contribution in [3.8, 4) is 5.75 Å². The Labute approximate surface area is 230 Å². The molecule has 4 heterocycles. The second-order valence-electron chi connectivity index (χ2n) is 10.3. The third-order valence-electron chi connectivity index (χ3n) is 7.36. The van der Waals surface area contributed by atoms with Gasteiger partial charge in [-0.25, -0.2) is 9.97 Å². The molecule has 1 aliphatic carbocycles. The van der Waals surface area contributed by atoms with E-state index in [1.807, 2.05) is 55.7 Å². The monoisotopic (exact) mass is 541 g/mol. The van der Waals surface area contributed by atoms with E-state index >= 15 is 0 Å². The highest BCUT2D eigenvalue weighted by molar-refractivity contribution is 7.19. The number of aromatic nitrogens is 3. The lowest BCUT2D eigenvalue weighted by molar-refractivity contribution is -0.136. The van der Waals surface area contributed by atoms with Crippen molar-refractivity contribution in [2.45, 2.75) is 25.8 Å². The van der Waals surface area contributed by atoms with Crippen molar-refractivity contribution in [3.05, 3.63) is 69.6 Å². The van der Waals surface area contributed by atoms with Crippen LogP contribution in [0.15, 0.2) is 48.0 Å². The molecule has 39 heavy (non-hydrogen) atoms. The summed E-state index contributed by atoms with van der Waals surface area (Å²) in [5, 5.41) is 6.54. The van der Waals surface area contributed by atoms with E-state index in [1.54, 1.807) is 31.0 Å². The smallest absolute Gasteiger partial charge is 0.226 e. The van der Waals surface area contributed by atoms with Gasteiger partial charge in [0.05, 0.1) is 23.5 Å². The van der Waals surface area contributed by atoms with Crippen molar-refractivity contribution in [1.29, 1.82) is 0 Å². The number of ether oxygens (including phenoxy) is 1. The van der Waals surface area contributed by atoms with Crippen LogP contribution < -0.4 is 20.6 Å². The predicted octanol–water partition coefficient (Wildman–Crippen LogP) is 2.91. The molecule has 1 aromatic carbocycles. The van der Waals surface area contributed by atoms with Gasteiger partial charge in [0, 0.05) is 60.3 Å². The lowest BCUT2D eigenvalue weighted by Crippen LogP contribution is -2.41. The third kappa shape index (κ3) is 5.09. The number of pyridine rings is 1. The van der Waals surface area contributed by atoms with E-state index in [0.29, 0.717) is 13.1 Å². The Morgan fingerprint density at radius 1 is 1.23 bits per heavy atom. The molecule has 0 fully saturated rings. The zero-order valence-corrected chi connectivity index (χ0v) is 23.2. The Balaban J connectivity index is 1.26. The fourth-order valence-corrected chi connectivity index (χ4v) is 6.51. The van der Waals surface area contributed by atoms with Gasteiger partial charge >= 0.3 is 0 Å². The Morgan fingerprint density at radius 2 is 2.13 bits per heavy atom. The molecule has 0 saturated heterocycles. The summed E-state index contributed by atoms with van der Waals surface area (Å²) < 4.78 is 5.61. The first-order chi connectivity index (χ1) is 19.0. The highest BCUT2D eigenvalue weighted by Crippen LogP contribution is 2.41. The summed E-state index contributed by atoms with van der Waals surface area (Å²) in [5.41, 5.74) is 3.14. The largest absolute Gasteiger partial charge is 0.494 e. The number of fused-ring (bicyclic) bond motifs is 4. The molecule has 6 rings (SSSR count). The van der Waals surface area contributed by atoms with Gasteiger partial charge in [0.2, 0.25) is 5.91 Å². The van der Waals surface area contributed by atoms with Crippen molar-refractivity contribution >= 4 is 45.2 Å². The molecule has 1 unspecified atom stereocenters. The summed E-state index contributed by atoms with van der Waals surface area (Å²) in [6.07, 6.45) is 9.38. The number of hydrogen-bond donors (Lipinski definition) is 1. The van der Waals surface area contributed by atoms with Crippen LogP contribution in [0.2, 0.25) is 0 Å². The van der Waals surface area contributed by atoms with Crippen LogP contribution >= 0.6 is 11.3 Å². The number of anilines is 2. The number of methoxy groups -OCH3 is 1. The Morgan fingerprint density at radius 3 is 2.87 bits per heavy atom. The van der Waals surface area contributed by atoms with Gasteiger partial charge in [-0.15, -0.1) is 11.3 Å². The number of aryl methyl sites for hydroxylation is 1. The van der Waals surface area contributed by atoms with Crippen LogP contribution in [0.3, 0.4) is 0 Å². The van der Waals surface area contributed by atoms with Crippen LogP contribution in [0, 0.1) is 5.92 Å². The number of nitrogens with zero attached hydrogens (tertiary/aromatic N) is 6. The molecule has 1 N–H and O–H groups in total. The van der Waals surface area contributed by atoms with Crippen LogP contribution in [0.1, 0.15) is 22.4 Å². The van der Waals surface area contributed by atoms with E-state index in [9.17, 15) is 4.79 Å². The molecule has 10 heteroatoms. The lowest BCUT2D eigenvalue weighted by atomic mass is 9.86. The van der Waals surface area contributed by atoms with Gasteiger partial charge < -0.3 is 19.9 Å². The quantitative estimate of drug-likeness (QED) is 0.348. The minimum absolute atomic E-state index is 0.0545. The first-order valence-electron chi connectivity index (χ1n) is 13.1.